The fourth-order valence-corrected chi connectivity index (χ4v) is 6.73. The van der Waals surface area contributed by atoms with Crippen LogP contribution >= 0.6 is 0 Å². The van der Waals surface area contributed by atoms with Gasteiger partial charge in [-0.15, -0.1) is 0 Å². The molecule has 6 rings (SSSR count). The number of rotatable bonds is 8. The van der Waals surface area contributed by atoms with Gasteiger partial charge in [0.05, 0.1) is 24.5 Å². The lowest BCUT2D eigenvalue weighted by Crippen LogP contribution is -2.55. The second kappa shape index (κ2) is 11.1. The van der Waals surface area contributed by atoms with E-state index in [9.17, 15) is 19.5 Å². The lowest BCUT2D eigenvalue weighted by molar-refractivity contribution is -0.147. The van der Waals surface area contributed by atoms with Crippen LogP contribution in [0.2, 0.25) is 0 Å². The van der Waals surface area contributed by atoms with E-state index in [-0.39, 0.29) is 30.9 Å². The molecule has 0 saturated carbocycles. The molecule has 1 unspecified atom stereocenters. The summed E-state index contributed by atoms with van der Waals surface area (Å²) in [6.45, 7) is 3.63. The number of hydrogen-bond acceptors (Lipinski definition) is 6. The van der Waals surface area contributed by atoms with E-state index in [1.54, 1.807) is 9.80 Å². The zero-order valence-electron chi connectivity index (χ0n) is 23.1. The van der Waals surface area contributed by atoms with Crippen molar-refractivity contribution in [3.8, 4) is 5.75 Å². The second-order valence-electron chi connectivity index (χ2n) is 10.9. The van der Waals surface area contributed by atoms with Gasteiger partial charge in [0.2, 0.25) is 17.7 Å². The normalized spacial score (nSPS) is 28.8. The van der Waals surface area contributed by atoms with Crippen molar-refractivity contribution in [3.63, 3.8) is 0 Å². The Labute approximate surface area is 239 Å². The van der Waals surface area contributed by atoms with Crippen LogP contribution in [0.5, 0.6) is 5.75 Å². The summed E-state index contributed by atoms with van der Waals surface area (Å²) in [7, 11) is 0. The van der Waals surface area contributed by atoms with Crippen molar-refractivity contribution in [2.75, 3.05) is 37.7 Å². The van der Waals surface area contributed by atoms with Gasteiger partial charge in [0.1, 0.15) is 17.4 Å². The molecule has 2 aromatic carbocycles. The van der Waals surface area contributed by atoms with Gasteiger partial charge in [0.15, 0.2) is 0 Å². The average molecular weight is 558 g/mol. The van der Waals surface area contributed by atoms with E-state index in [1.165, 1.54) is 4.90 Å². The number of amides is 3. The topological polar surface area (TPSA) is 99.6 Å². The first kappa shape index (κ1) is 27.2. The molecular formula is C32H35N3O6. The van der Waals surface area contributed by atoms with Crippen molar-refractivity contribution in [3.05, 3.63) is 84.5 Å². The number of carbonyl (C=O) groups is 3. The standard InChI is InChI=1S/C32H35N3O6/c1-2-40-24-14-12-23(13-15-24)34-18-6-11-25-26(29(34)37)27-30(38)35(19-8-20-36)28-31(39)33(17-7-16-32(27,28)41-25)21-22-9-4-3-5-10-22/h3-7,9-16,25-28,36H,2,8,17-21H2,1H3/t25-,26+,27+,28?,32+/m1/s1. The molecule has 0 radical (unpaired) electrons. The van der Waals surface area contributed by atoms with Gasteiger partial charge in [-0.25, -0.2) is 0 Å². The summed E-state index contributed by atoms with van der Waals surface area (Å²) in [6.07, 6.45) is 7.16. The van der Waals surface area contributed by atoms with Crippen molar-refractivity contribution < 1.29 is 29.0 Å². The summed E-state index contributed by atoms with van der Waals surface area (Å²) in [6, 6.07) is 16.1. The first-order valence-corrected chi connectivity index (χ1v) is 14.3. The molecule has 2 saturated heterocycles. The molecule has 2 aromatic rings. The Morgan fingerprint density at radius 3 is 2.49 bits per heavy atom. The monoisotopic (exact) mass is 557 g/mol. The highest BCUT2D eigenvalue weighted by atomic mass is 16.5. The Morgan fingerprint density at radius 1 is 0.976 bits per heavy atom. The fraction of sp³-hybridized carbons (Fsp3) is 0.406. The molecule has 0 aromatic heterocycles. The highest BCUT2D eigenvalue weighted by Crippen LogP contribution is 2.53. The molecule has 5 atom stereocenters. The molecule has 0 aliphatic carbocycles. The van der Waals surface area contributed by atoms with Crippen LogP contribution < -0.4 is 9.64 Å². The van der Waals surface area contributed by atoms with Crippen molar-refractivity contribution in [2.45, 2.75) is 37.6 Å². The van der Waals surface area contributed by atoms with Gasteiger partial charge in [-0.05, 0) is 43.2 Å². The number of aliphatic hydroxyl groups excluding tert-OH is 1. The predicted molar refractivity (Wildman–Crippen MR) is 152 cm³/mol. The molecule has 214 valence electrons. The van der Waals surface area contributed by atoms with Crippen LogP contribution in [0.4, 0.5) is 5.69 Å². The number of carbonyl (C=O) groups excluding carboxylic acids is 3. The third kappa shape index (κ3) is 4.63. The Morgan fingerprint density at radius 2 is 1.76 bits per heavy atom. The Kier molecular flexibility index (Phi) is 7.40. The molecule has 4 aliphatic heterocycles. The van der Waals surface area contributed by atoms with E-state index >= 15 is 0 Å². The molecule has 41 heavy (non-hydrogen) atoms. The van der Waals surface area contributed by atoms with Crippen molar-refractivity contribution in [1.29, 1.82) is 0 Å². The zero-order valence-corrected chi connectivity index (χ0v) is 23.1. The second-order valence-corrected chi connectivity index (χ2v) is 10.9. The molecular weight excluding hydrogens is 522 g/mol. The van der Waals surface area contributed by atoms with E-state index in [2.05, 4.69) is 0 Å². The van der Waals surface area contributed by atoms with E-state index in [4.69, 9.17) is 9.47 Å². The van der Waals surface area contributed by atoms with Crippen LogP contribution in [-0.2, 0) is 25.7 Å². The van der Waals surface area contributed by atoms with Crippen LogP contribution in [0, 0.1) is 11.8 Å². The van der Waals surface area contributed by atoms with Crippen LogP contribution in [0.1, 0.15) is 18.9 Å². The van der Waals surface area contributed by atoms with Gasteiger partial charge in [-0.2, -0.15) is 0 Å². The lowest BCUT2D eigenvalue weighted by Gasteiger charge is -2.35. The summed E-state index contributed by atoms with van der Waals surface area (Å²) in [4.78, 5) is 47.6. The maximum Gasteiger partial charge on any atom is 0.249 e. The number of hydrogen-bond donors (Lipinski definition) is 1. The van der Waals surface area contributed by atoms with Crippen LogP contribution in [-0.4, -0.2) is 83.2 Å². The Hall–Kier alpha value is -3.95. The van der Waals surface area contributed by atoms with Gasteiger partial charge in [0.25, 0.3) is 0 Å². The maximum absolute atomic E-state index is 14.2. The van der Waals surface area contributed by atoms with Crippen molar-refractivity contribution in [2.24, 2.45) is 11.8 Å². The minimum Gasteiger partial charge on any atom is -0.494 e. The number of benzene rings is 2. The first-order chi connectivity index (χ1) is 20.0. The van der Waals surface area contributed by atoms with Gasteiger partial charge in [0, 0.05) is 38.5 Å². The number of anilines is 1. The molecule has 4 aliphatic rings. The van der Waals surface area contributed by atoms with E-state index in [0.29, 0.717) is 44.1 Å². The summed E-state index contributed by atoms with van der Waals surface area (Å²) in [5, 5.41) is 9.60. The number of fused-ring (bicyclic) bond motifs is 2. The minimum atomic E-state index is -1.29. The van der Waals surface area contributed by atoms with Crippen LogP contribution in [0.25, 0.3) is 0 Å². The lowest BCUT2D eigenvalue weighted by atomic mass is 9.77. The average Bonchev–Trinajstić information content (AvgIpc) is 3.30. The molecule has 2 fully saturated rings. The Balaban J connectivity index is 1.36. The number of aliphatic hydroxyl groups is 1. The Bertz CT molecular complexity index is 1360. The smallest absolute Gasteiger partial charge is 0.249 e. The van der Waals surface area contributed by atoms with Crippen LogP contribution in [0.15, 0.2) is 78.9 Å². The highest BCUT2D eigenvalue weighted by molar-refractivity contribution is 6.03. The zero-order chi connectivity index (χ0) is 28.6. The van der Waals surface area contributed by atoms with Gasteiger partial charge < -0.3 is 29.3 Å². The summed E-state index contributed by atoms with van der Waals surface area (Å²) in [5.74, 6) is -1.67. The minimum absolute atomic E-state index is 0.119. The first-order valence-electron chi connectivity index (χ1n) is 14.3. The van der Waals surface area contributed by atoms with E-state index in [0.717, 1.165) is 5.56 Å². The van der Waals surface area contributed by atoms with Gasteiger partial charge in [-0.3, -0.25) is 14.4 Å². The van der Waals surface area contributed by atoms with E-state index < -0.39 is 29.6 Å². The molecule has 0 bridgehead atoms. The summed E-state index contributed by atoms with van der Waals surface area (Å²) in [5.41, 5.74) is 0.395. The third-order valence-electron chi connectivity index (χ3n) is 8.47. The largest absolute Gasteiger partial charge is 0.494 e. The fourth-order valence-electron chi connectivity index (χ4n) is 6.73. The molecule has 9 heteroatoms. The van der Waals surface area contributed by atoms with Crippen molar-refractivity contribution in [1.82, 2.24) is 9.80 Å². The van der Waals surface area contributed by atoms with E-state index in [1.807, 2.05) is 85.8 Å². The molecule has 3 amide bonds. The number of likely N-dealkylation sites (tertiary alicyclic amines) is 1. The molecule has 4 heterocycles. The third-order valence-corrected chi connectivity index (χ3v) is 8.47. The number of ether oxygens (including phenoxy) is 2. The quantitative estimate of drug-likeness (QED) is 0.501. The SMILES string of the molecule is CCOc1ccc(N2CC=C[C@H]3O[C@]45C=CCN(Cc6ccccc6)C(=O)C4N(CCCO)C(=O)[C@@H]5[C@H]3C2=O)cc1. The van der Waals surface area contributed by atoms with Gasteiger partial charge in [-0.1, -0.05) is 54.6 Å². The van der Waals surface area contributed by atoms with Crippen LogP contribution in [0.3, 0.4) is 0 Å². The molecule has 1 spiro atoms. The predicted octanol–water partition coefficient (Wildman–Crippen LogP) is 2.55. The highest BCUT2D eigenvalue weighted by Gasteiger charge is 2.71. The summed E-state index contributed by atoms with van der Waals surface area (Å²) < 4.78 is 12.2. The maximum atomic E-state index is 14.2. The molecule has 1 N–H and O–H groups in total. The molecule has 9 nitrogen and oxygen atoms in total. The van der Waals surface area contributed by atoms with Gasteiger partial charge >= 0.3 is 0 Å². The van der Waals surface area contributed by atoms with Crippen molar-refractivity contribution >= 4 is 23.4 Å². The summed E-state index contributed by atoms with van der Waals surface area (Å²) >= 11 is 0. The number of nitrogens with zero attached hydrogens (tertiary/aromatic N) is 3.